The van der Waals surface area contributed by atoms with Crippen LogP contribution in [0.4, 0.5) is 5.69 Å². The lowest BCUT2D eigenvalue weighted by Gasteiger charge is -2.21. The van der Waals surface area contributed by atoms with Crippen LogP contribution in [0.25, 0.3) is 0 Å². The molecule has 1 aromatic carbocycles. The van der Waals surface area contributed by atoms with Crippen LogP contribution in [0, 0.1) is 5.92 Å². The Morgan fingerprint density at radius 2 is 2.37 bits per heavy atom. The molecule has 1 amide bonds. The average Bonchev–Trinajstić information content (AvgIpc) is 2.46. The number of anilines is 1. The van der Waals surface area contributed by atoms with Gasteiger partial charge < -0.3 is 15.4 Å². The quantitative estimate of drug-likeness (QED) is 0.855. The van der Waals surface area contributed by atoms with Crippen molar-refractivity contribution < 1.29 is 9.53 Å². The van der Waals surface area contributed by atoms with Gasteiger partial charge in [-0.25, -0.2) is 0 Å². The minimum absolute atomic E-state index is 0.00817. The SMILES string of the molecule is CCNCc1cccc(NC(=O)C2CCCOC2)c1. The van der Waals surface area contributed by atoms with Crippen LogP contribution in [0.5, 0.6) is 0 Å². The predicted octanol–water partition coefficient (Wildman–Crippen LogP) is 2.16. The molecule has 2 rings (SSSR count). The van der Waals surface area contributed by atoms with Gasteiger partial charge in [0.25, 0.3) is 0 Å². The van der Waals surface area contributed by atoms with Crippen LogP contribution in [0.3, 0.4) is 0 Å². The standard InChI is InChI=1S/C15H22N2O2/c1-2-16-10-12-5-3-7-14(9-12)17-15(18)13-6-4-8-19-11-13/h3,5,7,9,13,16H,2,4,6,8,10-11H2,1H3,(H,17,18). The zero-order valence-electron chi connectivity index (χ0n) is 11.4. The Bertz CT molecular complexity index is 414. The summed E-state index contributed by atoms with van der Waals surface area (Å²) < 4.78 is 5.35. The maximum Gasteiger partial charge on any atom is 0.229 e. The molecular weight excluding hydrogens is 240 g/mol. The first-order chi connectivity index (χ1) is 9.29. The highest BCUT2D eigenvalue weighted by molar-refractivity contribution is 5.92. The smallest absolute Gasteiger partial charge is 0.229 e. The van der Waals surface area contributed by atoms with Gasteiger partial charge in [-0.1, -0.05) is 19.1 Å². The molecule has 0 aliphatic carbocycles. The third kappa shape index (κ3) is 4.33. The van der Waals surface area contributed by atoms with Crippen LogP contribution in [-0.4, -0.2) is 25.7 Å². The maximum atomic E-state index is 12.1. The van der Waals surface area contributed by atoms with E-state index in [1.165, 1.54) is 5.56 Å². The molecule has 1 saturated heterocycles. The normalized spacial score (nSPS) is 19.1. The van der Waals surface area contributed by atoms with Crippen LogP contribution in [0.1, 0.15) is 25.3 Å². The maximum absolute atomic E-state index is 12.1. The first kappa shape index (κ1) is 14.0. The number of amides is 1. The van der Waals surface area contributed by atoms with Crippen molar-refractivity contribution in [1.29, 1.82) is 0 Å². The molecule has 0 radical (unpaired) electrons. The second kappa shape index (κ2) is 7.26. The summed E-state index contributed by atoms with van der Waals surface area (Å²) in [6.07, 6.45) is 1.89. The third-order valence-electron chi connectivity index (χ3n) is 3.30. The molecule has 104 valence electrons. The zero-order chi connectivity index (χ0) is 13.5. The largest absolute Gasteiger partial charge is 0.381 e. The van der Waals surface area contributed by atoms with Gasteiger partial charge in [0.1, 0.15) is 0 Å². The van der Waals surface area contributed by atoms with Crippen LogP contribution in [-0.2, 0) is 16.1 Å². The van der Waals surface area contributed by atoms with Gasteiger partial charge in [0.05, 0.1) is 12.5 Å². The van der Waals surface area contributed by atoms with Gasteiger partial charge in [-0.3, -0.25) is 4.79 Å². The van der Waals surface area contributed by atoms with Gasteiger partial charge in [0.2, 0.25) is 5.91 Å². The average molecular weight is 262 g/mol. The summed E-state index contributed by atoms with van der Waals surface area (Å²) in [6, 6.07) is 7.98. The van der Waals surface area contributed by atoms with Gasteiger partial charge in [-0.05, 0) is 37.1 Å². The van der Waals surface area contributed by atoms with Crippen molar-refractivity contribution in [2.75, 3.05) is 25.1 Å². The van der Waals surface area contributed by atoms with E-state index in [0.717, 1.165) is 38.2 Å². The predicted molar refractivity (Wildman–Crippen MR) is 76.0 cm³/mol. The second-order valence-electron chi connectivity index (χ2n) is 4.88. The van der Waals surface area contributed by atoms with E-state index in [-0.39, 0.29) is 11.8 Å². The number of rotatable bonds is 5. The topological polar surface area (TPSA) is 50.4 Å². The number of benzene rings is 1. The molecule has 0 bridgehead atoms. The van der Waals surface area contributed by atoms with Crippen molar-refractivity contribution >= 4 is 11.6 Å². The Kier molecular flexibility index (Phi) is 5.36. The highest BCUT2D eigenvalue weighted by Gasteiger charge is 2.21. The Morgan fingerprint density at radius 1 is 1.47 bits per heavy atom. The van der Waals surface area contributed by atoms with Crippen molar-refractivity contribution in [3.8, 4) is 0 Å². The number of ether oxygens (including phenoxy) is 1. The fraction of sp³-hybridized carbons (Fsp3) is 0.533. The van der Waals surface area contributed by atoms with E-state index < -0.39 is 0 Å². The lowest BCUT2D eigenvalue weighted by atomic mass is 10.0. The van der Waals surface area contributed by atoms with Gasteiger partial charge in [0, 0.05) is 18.8 Å². The molecule has 1 aliphatic rings. The summed E-state index contributed by atoms with van der Waals surface area (Å²) in [5.41, 5.74) is 2.05. The molecule has 4 heteroatoms. The third-order valence-corrected chi connectivity index (χ3v) is 3.30. The first-order valence-electron chi connectivity index (χ1n) is 6.98. The van der Waals surface area contributed by atoms with E-state index >= 15 is 0 Å². The van der Waals surface area contributed by atoms with Crippen molar-refractivity contribution in [1.82, 2.24) is 5.32 Å². The van der Waals surface area contributed by atoms with Crippen LogP contribution in [0.15, 0.2) is 24.3 Å². The van der Waals surface area contributed by atoms with Crippen molar-refractivity contribution in [2.45, 2.75) is 26.3 Å². The Morgan fingerprint density at radius 3 is 3.11 bits per heavy atom. The molecule has 4 nitrogen and oxygen atoms in total. The van der Waals surface area contributed by atoms with Crippen LogP contribution in [0.2, 0.25) is 0 Å². The molecule has 1 heterocycles. The van der Waals surface area contributed by atoms with E-state index in [0.29, 0.717) is 6.61 Å². The van der Waals surface area contributed by atoms with E-state index in [1.54, 1.807) is 0 Å². The summed E-state index contributed by atoms with van der Waals surface area (Å²) in [6.45, 7) is 5.17. The molecular formula is C15H22N2O2. The molecule has 1 aliphatic heterocycles. The molecule has 0 spiro atoms. The van der Waals surface area contributed by atoms with Crippen molar-refractivity contribution in [3.63, 3.8) is 0 Å². The summed E-state index contributed by atoms with van der Waals surface area (Å²) in [5.74, 6) is 0.0615. The first-order valence-corrected chi connectivity index (χ1v) is 6.98. The van der Waals surface area contributed by atoms with E-state index in [4.69, 9.17) is 4.74 Å². The number of hydrogen-bond acceptors (Lipinski definition) is 3. The molecule has 1 aromatic rings. The minimum Gasteiger partial charge on any atom is -0.381 e. The Hall–Kier alpha value is -1.39. The number of carbonyl (C=O) groups is 1. The number of carbonyl (C=O) groups excluding carboxylic acids is 1. The van der Waals surface area contributed by atoms with Crippen molar-refractivity contribution in [2.24, 2.45) is 5.92 Å². The fourth-order valence-corrected chi connectivity index (χ4v) is 2.22. The fourth-order valence-electron chi connectivity index (χ4n) is 2.22. The van der Waals surface area contributed by atoms with Crippen molar-refractivity contribution in [3.05, 3.63) is 29.8 Å². The van der Waals surface area contributed by atoms with Gasteiger partial charge >= 0.3 is 0 Å². The highest BCUT2D eigenvalue weighted by atomic mass is 16.5. The number of hydrogen-bond donors (Lipinski definition) is 2. The van der Waals surface area contributed by atoms with Gasteiger partial charge in [-0.2, -0.15) is 0 Å². The Labute approximate surface area is 114 Å². The van der Waals surface area contributed by atoms with E-state index in [2.05, 4.69) is 23.6 Å². The number of nitrogens with one attached hydrogen (secondary N) is 2. The summed E-state index contributed by atoms with van der Waals surface area (Å²) in [4.78, 5) is 12.1. The van der Waals surface area contributed by atoms with Crippen LogP contribution >= 0.6 is 0 Å². The summed E-state index contributed by atoms with van der Waals surface area (Å²) in [5, 5.41) is 6.26. The molecule has 19 heavy (non-hydrogen) atoms. The summed E-state index contributed by atoms with van der Waals surface area (Å²) in [7, 11) is 0. The zero-order valence-corrected chi connectivity index (χ0v) is 11.4. The summed E-state index contributed by atoms with van der Waals surface area (Å²) >= 11 is 0. The highest BCUT2D eigenvalue weighted by Crippen LogP contribution is 2.17. The monoisotopic (exact) mass is 262 g/mol. The van der Waals surface area contributed by atoms with E-state index in [1.807, 2.05) is 18.2 Å². The Balaban J connectivity index is 1.92. The van der Waals surface area contributed by atoms with Gasteiger partial charge in [0.15, 0.2) is 0 Å². The lowest BCUT2D eigenvalue weighted by Crippen LogP contribution is -2.30. The molecule has 2 N–H and O–H groups in total. The van der Waals surface area contributed by atoms with Crippen LogP contribution < -0.4 is 10.6 Å². The van der Waals surface area contributed by atoms with Gasteiger partial charge in [-0.15, -0.1) is 0 Å². The van der Waals surface area contributed by atoms with E-state index in [9.17, 15) is 4.79 Å². The molecule has 1 atom stereocenters. The molecule has 1 fully saturated rings. The molecule has 1 unspecified atom stereocenters. The second-order valence-corrected chi connectivity index (χ2v) is 4.88. The minimum atomic E-state index is -0.00817. The lowest BCUT2D eigenvalue weighted by molar-refractivity contribution is -0.123. The molecule has 0 saturated carbocycles. The molecule has 0 aromatic heterocycles.